The molecule has 1 aliphatic heterocycles. The van der Waals surface area contributed by atoms with E-state index in [2.05, 4.69) is 30.8 Å². The highest BCUT2D eigenvalue weighted by Gasteiger charge is 2.25. The summed E-state index contributed by atoms with van der Waals surface area (Å²) in [5.74, 6) is 0.718. The molecule has 2 aromatic rings. The minimum Gasteiger partial charge on any atom is -0.371 e. The lowest BCUT2D eigenvalue weighted by atomic mass is 9.90. The normalized spacial score (nSPS) is 16.7. The van der Waals surface area contributed by atoms with Gasteiger partial charge in [-0.25, -0.2) is 0 Å². The number of carbonyl (C=O) groups excluding carboxylic acids is 2. The third-order valence-corrected chi connectivity index (χ3v) is 6.09. The second-order valence-electron chi connectivity index (χ2n) is 8.42. The summed E-state index contributed by atoms with van der Waals surface area (Å²) in [5, 5.41) is 0. The minimum atomic E-state index is -0.879. The molecule has 0 aliphatic carbocycles. The zero-order valence-corrected chi connectivity index (χ0v) is 18.0. The monoisotopic (exact) mass is 405 g/mol. The lowest BCUT2D eigenvalue weighted by Gasteiger charge is -2.32. The first-order valence-electron chi connectivity index (χ1n) is 10.6. The van der Waals surface area contributed by atoms with Gasteiger partial charge in [0.1, 0.15) is 5.60 Å². The number of carbonyl (C=O) groups is 2. The molecule has 0 radical (unpaired) electrons. The van der Waals surface area contributed by atoms with Gasteiger partial charge in [0.15, 0.2) is 6.29 Å². The zero-order valence-electron chi connectivity index (χ0n) is 18.0. The molecule has 158 valence electrons. The summed E-state index contributed by atoms with van der Waals surface area (Å²) in [5.41, 5.74) is 2.91. The summed E-state index contributed by atoms with van der Waals surface area (Å²) < 4.78 is 5.28. The van der Waals surface area contributed by atoms with E-state index in [9.17, 15) is 9.59 Å². The van der Waals surface area contributed by atoms with Crippen LogP contribution in [0.3, 0.4) is 0 Å². The third-order valence-electron chi connectivity index (χ3n) is 6.09. The summed E-state index contributed by atoms with van der Waals surface area (Å²) in [6.07, 6.45) is 4.38. The Hall–Kier alpha value is -2.72. The van der Waals surface area contributed by atoms with Gasteiger partial charge in [0.05, 0.1) is 0 Å². The van der Waals surface area contributed by atoms with Crippen LogP contribution < -0.4 is 0 Å². The van der Waals surface area contributed by atoms with Crippen molar-refractivity contribution in [2.75, 3.05) is 20.2 Å². The Kier molecular flexibility index (Phi) is 7.22. The summed E-state index contributed by atoms with van der Waals surface area (Å²) in [7, 11) is 1.52. The molecule has 1 fully saturated rings. The molecule has 1 unspecified atom stereocenters. The van der Waals surface area contributed by atoms with E-state index in [0.717, 1.165) is 49.8 Å². The number of nitrogens with zero attached hydrogens (tertiary/aromatic N) is 1. The first-order chi connectivity index (χ1) is 14.4. The maximum atomic E-state index is 12.9. The van der Waals surface area contributed by atoms with Crippen LogP contribution in [0, 0.1) is 5.92 Å². The molecule has 4 nitrogen and oxygen atoms in total. The number of piperidine rings is 1. The highest BCUT2D eigenvalue weighted by atomic mass is 16.5. The number of hydrogen-bond acceptors (Lipinski definition) is 3. The van der Waals surface area contributed by atoms with Crippen molar-refractivity contribution in [3.63, 3.8) is 0 Å². The molecule has 30 heavy (non-hydrogen) atoms. The summed E-state index contributed by atoms with van der Waals surface area (Å²) in [6, 6.07) is 18.1. The van der Waals surface area contributed by atoms with Crippen molar-refractivity contribution >= 4 is 17.8 Å². The Balaban J connectivity index is 1.55. The Morgan fingerprint density at radius 1 is 1.10 bits per heavy atom. The Morgan fingerprint density at radius 3 is 2.27 bits per heavy atom. The second kappa shape index (κ2) is 9.86. The molecule has 0 spiro atoms. The van der Waals surface area contributed by atoms with E-state index in [4.69, 9.17) is 4.74 Å². The van der Waals surface area contributed by atoms with Crippen LogP contribution in [-0.2, 0) is 16.0 Å². The Bertz CT molecular complexity index is 867. The van der Waals surface area contributed by atoms with Crippen molar-refractivity contribution in [1.29, 1.82) is 0 Å². The van der Waals surface area contributed by atoms with E-state index in [1.807, 2.05) is 35.2 Å². The number of hydrogen-bond donors (Lipinski definition) is 0. The van der Waals surface area contributed by atoms with E-state index in [0.29, 0.717) is 17.9 Å². The number of rotatable bonds is 8. The van der Waals surface area contributed by atoms with E-state index < -0.39 is 5.60 Å². The predicted octanol–water partition coefficient (Wildman–Crippen LogP) is 4.79. The van der Waals surface area contributed by atoms with Crippen LogP contribution in [0.15, 0.2) is 61.2 Å². The number of likely N-dealkylation sites (tertiary alicyclic amines) is 1. The average Bonchev–Trinajstić information content (AvgIpc) is 2.80. The molecular weight excluding hydrogens is 374 g/mol. The van der Waals surface area contributed by atoms with Gasteiger partial charge in [-0.2, -0.15) is 0 Å². The molecule has 0 saturated carbocycles. The molecule has 1 heterocycles. The van der Waals surface area contributed by atoms with E-state index in [-0.39, 0.29) is 5.91 Å². The number of benzene rings is 2. The fraction of sp³-hybridized carbons (Fsp3) is 0.385. The van der Waals surface area contributed by atoms with Crippen LogP contribution in [0.4, 0.5) is 0 Å². The molecule has 1 amide bonds. The van der Waals surface area contributed by atoms with E-state index >= 15 is 0 Å². The van der Waals surface area contributed by atoms with Crippen LogP contribution in [0.25, 0.3) is 5.57 Å². The van der Waals surface area contributed by atoms with Gasteiger partial charge >= 0.3 is 0 Å². The van der Waals surface area contributed by atoms with Gasteiger partial charge in [-0.15, -0.1) is 0 Å². The lowest BCUT2D eigenvalue weighted by Crippen LogP contribution is -2.38. The minimum absolute atomic E-state index is 0.0833. The van der Waals surface area contributed by atoms with Crippen molar-refractivity contribution in [3.05, 3.63) is 77.9 Å². The number of aldehydes is 1. The van der Waals surface area contributed by atoms with E-state index in [1.165, 1.54) is 12.7 Å². The number of methoxy groups -OCH3 is 1. The lowest BCUT2D eigenvalue weighted by molar-refractivity contribution is -0.125. The zero-order chi connectivity index (χ0) is 21.6. The van der Waals surface area contributed by atoms with Gasteiger partial charge in [0.2, 0.25) is 0 Å². The predicted molar refractivity (Wildman–Crippen MR) is 120 cm³/mol. The SMILES string of the molecule is C=C(CC(C)(C=O)OC)c1ccc(C(=O)N2CCC(Cc3ccccc3)CC2)cc1. The van der Waals surface area contributed by atoms with Crippen molar-refractivity contribution < 1.29 is 14.3 Å². The van der Waals surface area contributed by atoms with Gasteiger partial charge in [-0.3, -0.25) is 4.79 Å². The smallest absolute Gasteiger partial charge is 0.253 e. The molecule has 1 aliphatic rings. The van der Waals surface area contributed by atoms with Crippen LogP contribution in [0.2, 0.25) is 0 Å². The fourth-order valence-electron chi connectivity index (χ4n) is 4.01. The maximum Gasteiger partial charge on any atom is 0.253 e. The summed E-state index contributed by atoms with van der Waals surface area (Å²) in [6.45, 7) is 7.42. The molecule has 1 atom stereocenters. The first-order valence-corrected chi connectivity index (χ1v) is 10.6. The molecule has 0 N–H and O–H groups in total. The molecule has 0 aromatic heterocycles. The van der Waals surface area contributed by atoms with Gasteiger partial charge in [-0.05, 0) is 60.9 Å². The Labute approximate surface area is 179 Å². The van der Waals surface area contributed by atoms with Crippen molar-refractivity contribution in [2.24, 2.45) is 5.92 Å². The van der Waals surface area contributed by atoms with Gasteiger partial charge in [-0.1, -0.05) is 49.0 Å². The second-order valence-corrected chi connectivity index (χ2v) is 8.42. The maximum absolute atomic E-state index is 12.9. The van der Waals surface area contributed by atoms with Crippen molar-refractivity contribution in [3.8, 4) is 0 Å². The molecular formula is C26H31NO3. The Morgan fingerprint density at radius 2 is 1.70 bits per heavy atom. The molecule has 2 aromatic carbocycles. The quantitative estimate of drug-likeness (QED) is 0.593. The third kappa shape index (κ3) is 5.45. The highest BCUT2D eigenvalue weighted by Crippen LogP contribution is 2.26. The van der Waals surface area contributed by atoms with Crippen LogP contribution in [0.1, 0.15) is 47.7 Å². The molecule has 1 saturated heterocycles. The van der Waals surface area contributed by atoms with E-state index in [1.54, 1.807) is 6.92 Å². The molecule has 3 rings (SSSR count). The molecule has 0 bridgehead atoms. The van der Waals surface area contributed by atoms with Gasteiger partial charge < -0.3 is 14.4 Å². The van der Waals surface area contributed by atoms with Gasteiger partial charge in [0, 0.05) is 32.2 Å². The van der Waals surface area contributed by atoms with Crippen LogP contribution >= 0.6 is 0 Å². The van der Waals surface area contributed by atoms with Gasteiger partial charge in [0.25, 0.3) is 5.91 Å². The van der Waals surface area contributed by atoms with Crippen LogP contribution in [-0.4, -0.2) is 42.9 Å². The summed E-state index contributed by atoms with van der Waals surface area (Å²) in [4.78, 5) is 26.1. The van der Waals surface area contributed by atoms with Crippen LogP contribution in [0.5, 0.6) is 0 Å². The highest BCUT2D eigenvalue weighted by molar-refractivity contribution is 5.94. The first kappa shape index (κ1) is 22.0. The average molecular weight is 406 g/mol. The topological polar surface area (TPSA) is 46.6 Å². The van der Waals surface area contributed by atoms with Crippen molar-refractivity contribution in [1.82, 2.24) is 4.90 Å². The number of amides is 1. The summed E-state index contributed by atoms with van der Waals surface area (Å²) >= 11 is 0. The standard InChI is InChI=1S/C26H31NO3/c1-20(18-26(2,19-28)30-3)23-9-11-24(12-10-23)25(29)27-15-13-22(14-16-27)17-21-7-5-4-6-8-21/h4-12,19,22H,1,13-18H2,2-3H3. The largest absolute Gasteiger partial charge is 0.371 e. The number of ether oxygens (including phenoxy) is 1. The fourth-order valence-corrected chi connectivity index (χ4v) is 4.01. The molecule has 4 heteroatoms. The van der Waals surface area contributed by atoms with Crippen molar-refractivity contribution in [2.45, 2.75) is 38.2 Å².